The van der Waals surface area contributed by atoms with Crippen molar-refractivity contribution >= 4 is 23.7 Å². The normalized spacial score (nSPS) is 13.9. The van der Waals surface area contributed by atoms with Crippen LogP contribution in [0.2, 0.25) is 0 Å². The number of hydrogen-bond donors (Lipinski definition) is 1. The van der Waals surface area contributed by atoms with Gasteiger partial charge < -0.3 is 29.3 Å². The Morgan fingerprint density at radius 3 is 2.25 bits per heavy atom. The molecule has 0 spiro atoms. The molecule has 3 rings (SSSR count). The molecule has 1 amide bonds. The number of nitrogens with zero attached hydrogens (tertiary/aromatic N) is 4. The van der Waals surface area contributed by atoms with E-state index in [2.05, 4.69) is 20.2 Å². The third kappa shape index (κ3) is 5.40. The number of anilines is 2. The van der Waals surface area contributed by atoms with E-state index < -0.39 is 0 Å². The number of carbonyl (C=O) groups excluding carboxylic acids is 1. The summed E-state index contributed by atoms with van der Waals surface area (Å²) < 4.78 is 16.1. The van der Waals surface area contributed by atoms with Crippen LogP contribution >= 0.6 is 0 Å². The van der Waals surface area contributed by atoms with Gasteiger partial charge in [0.05, 0.1) is 21.3 Å². The van der Waals surface area contributed by atoms with Gasteiger partial charge in [-0.15, -0.1) is 0 Å². The molecule has 0 unspecified atom stereocenters. The Bertz CT molecular complexity index is 946. The first-order valence-electron chi connectivity index (χ1n) is 10.6. The van der Waals surface area contributed by atoms with Crippen molar-refractivity contribution in [2.75, 3.05) is 64.3 Å². The average Bonchev–Trinajstić information content (AvgIpc) is 2.81. The number of carbonyl (C=O) groups is 1. The van der Waals surface area contributed by atoms with E-state index in [0.717, 1.165) is 23.6 Å². The van der Waals surface area contributed by atoms with Gasteiger partial charge in [-0.2, -0.15) is 4.98 Å². The summed E-state index contributed by atoms with van der Waals surface area (Å²) in [4.78, 5) is 25.8. The lowest BCUT2D eigenvalue weighted by atomic mass is 10.1. The van der Waals surface area contributed by atoms with Crippen molar-refractivity contribution in [3.63, 3.8) is 0 Å². The van der Waals surface area contributed by atoms with Crippen molar-refractivity contribution in [3.8, 4) is 17.2 Å². The van der Waals surface area contributed by atoms with Gasteiger partial charge in [0.15, 0.2) is 11.5 Å². The summed E-state index contributed by atoms with van der Waals surface area (Å²) in [5.41, 5.74) is 1.70. The van der Waals surface area contributed by atoms with Gasteiger partial charge in [0.2, 0.25) is 17.6 Å². The molecule has 0 atom stereocenters. The molecule has 1 aromatic carbocycles. The SMILES string of the molecule is CCNc1cc(C)nc(N2CCN(C(=O)/C=C/c3cc(OC)c(OC)c(OC)c3)CC2)n1. The third-order valence-electron chi connectivity index (χ3n) is 5.18. The van der Waals surface area contributed by atoms with E-state index in [1.54, 1.807) is 45.6 Å². The van der Waals surface area contributed by atoms with Crippen molar-refractivity contribution < 1.29 is 19.0 Å². The molecule has 0 saturated carbocycles. The Kier molecular flexibility index (Phi) is 7.75. The van der Waals surface area contributed by atoms with Crippen LogP contribution in [0.25, 0.3) is 6.08 Å². The van der Waals surface area contributed by atoms with Crippen molar-refractivity contribution in [3.05, 3.63) is 35.5 Å². The van der Waals surface area contributed by atoms with Crippen LogP contribution in [0.3, 0.4) is 0 Å². The molecule has 9 heteroatoms. The van der Waals surface area contributed by atoms with Crippen LogP contribution in [-0.2, 0) is 4.79 Å². The number of aromatic nitrogens is 2. The highest BCUT2D eigenvalue weighted by Crippen LogP contribution is 2.38. The highest BCUT2D eigenvalue weighted by Gasteiger charge is 2.22. The standard InChI is InChI=1S/C23H31N5O4/c1-6-24-20-13-16(2)25-23(26-20)28-11-9-27(10-12-28)21(29)8-7-17-14-18(30-3)22(32-5)19(15-17)31-4/h7-8,13-15H,6,9-12H2,1-5H3,(H,24,25,26)/b8-7+. The van der Waals surface area contributed by atoms with E-state index in [-0.39, 0.29) is 5.91 Å². The second-order valence-electron chi connectivity index (χ2n) is 7.33. The molecule has 2 aromatic rings. The largest absolute Gasteiger partial charge is 0.493 e. The average molecular weight is 442 g/mol. The van der Waals surface area contributed by atoms with Gasteiger partial charge >= 0.3 is 0 Å². The fourth-order valence-corrected chi connectivity index (χ4v) is 3.56. The highest BCUT2D eigenvalue weighted by atomic mass is 16.5. The first kappa shape index (κ1) is 23.2. The summed E-state index contributed by atoms with van der Waals surface area (Å²) in [7, 11) is 4.69. The maximum atomic E-state index is 12.7. The van der Waals surface area contributed by atoms with E-state index in [0.29, 0.717) is 49.4 Å². The van der Waals surface area contributed by atoms with Gasteiger partial charge in [0.25, 0.3) is 0 Å². The van der Waals surface area contributed by atoms with Gasteiger partial charge in [-0.25, -0.2) is 4.98 Å². The molecule has 1 aromatic heterocycles. The number of hydrogen-bond acceptors (Lipinski definition) is 8. The number of piperazine rings is 1. The van der Waals surface area contributed by atoms with Crippen LogP contribution in [0.15, 0.2) is 24.3 Å². The lowest BCUT2D eigenvalue weighted by Crippen LogP contribution is -2.48. The van der Waals surface area contributed by atoms with Crippen LogP contribution in [0.5, 0.6) is 17.2 Å². The predicted octanol–water partition coefficient (Wildman–Crippen LogP) is 2.60. The Labute approximate surface area is 189 Å². The number of nitrogens with one attached hydrogen (secondary N) is 1. The van der Waals surface area contributed by atoms with Crippen molar-refractivity contribution in [1.82, 2.24) is 14.9 Å². The third-order valence-corrected chi connectivity index (χ3v) is 5.18. The quantitative estimate of drug-likeness (QED) is 0.626. The number of ether oxygens (including phenoxy) is 3. The summed E-state index contributed by atoms with van der Waals surface area (Å²) in [5.74, 6) is 3.08. The first-order chi connectivity index (χ1) is 15.5. The number of benzene rings is 1. The van der Waals surface area contributed by atoms with Crippen molar-refractivity contribution in [2.45, 2.75) is 13.8 Å². The number of rotatable bonds is 8. The molecule has 0 aliphatic carbocycles. The maximum Gasteiger partial charge on any atom is 0.246 e. The molecule has 1 aliphatic rings. The zero-order chi connectivity index (χ0) is 23.1. The second-order valence-corrected chi connectivity index (χ2v) is 7.33. The van der Waals surface area contributed by atoms with Gasteiger partial charge in [0, 0.05) is 50.6 Å². The highest BCUT2D eigenvalue weighted by molar-refractivity contribution is 5.92. The van der Waals surface area contributed by atoms with Crippen LogP contribution in [0.4, 0.5) is 11.8 Å². The van der Waals surface area contributed by atoms with Crippen LogP contribution in [0, 0.1) is 6.92 Å². The molecule has 9 nitrogen and oxygen atoms in total. The van der Waals surface area contributed by atoms with Crippen LogP contribution in [0.1, 0.15) is 18.2 Å². The van der Waals surface area contributed by atoms with Gasteiger partial charge in [-0.05, 0) is 37.6 Å². The van der Waals surface area contributed by atoms with E-state index >= 15 is 0 Å². The monoisotopic (exact) mass is 441 g/mol. The molecule has 172 valence electrons. The topological polar surface area (TPSA) is 89.1 Å². The van der Waals surface area contributed by atoms with Crippen LogP contribution < -0.4 is 24.4 Å². The minimum atomic E-state index is -0.0445. The molecule has 1 fully saturated rings. The molecule has 1 aliphatic heterocycles. The number of amides is 1. The van der Waals surface area contributed by atoms with Crippen molar-refractivity contribution in [2.24, 2.45) is 0 Å². The number of methoxy groups -OCH3 is 3. The van der Waals surface area contributed by atoms with Gasteiger partial charge in [-0.3, -0.25) is 4.79 Å². The second kappa shape index (κ2) is 10.7. The summed E-state index contributed by atoms with van der Waals surface area (Å²) in [6.45, 7) is 7.36. The minimum absolute atomic E-state index is 0.0445. The molecular formula is C23H31N5O4. The Balaban J connectivity index is 1.64. The minimum Gasteiger partial charge on any atom is -0.493 e. The first-order valence-corrected chi connectivity index (χ1v) is 10.6. The molecule has 2 heterocycles. The van der Waals surface area contributed by atoms with E-state index in [1.165, 1.54) is 0 Å². The fourth-order valence-electron chi connectivity index (χ4n) is 3.56. The predicted molar refractivity (Wildman–Crippen MR) is 125 cm³/mol. The molecular weight excluding hydrogens is 410 g/mol. The smallest absolute Gasteiger partial charge is 0.246 e. The summed E-state index contributed by atoms with van der Waals surface area (Å²) in [5, 5.41) is 3.23. The van der Waals surface area contributed by atoms with E-state index in [4.69, 9.17) is 14.2 Å². The Morgan fingerprint density at radius 1 is 1.03 bits per heavy atom. The van der Waals surface area contributed by atoms with E-state index in [1.807, 2.05) is 24.8 Å². The number of aryl methyl sites for hydroxylation is 1. The van der Waals surface area contributed by atoms with E-state index in [9.17, 15) is 4.79 Å². The summed E-state index contributed by atoms with van der Waals surface area (Å²) in [6.07, 6.45) is 3.33. The summed E-state index contributed by atoms with van der Waals surface area (Å²) in [6, 6.07) is 5.54. The van der Waals surface area contributed by atoms with Crippen LogP contribution in [-0.4, -0.2) is 74.8 Å². The maximum absolute atomic E-state index is 12.7. The Hall–Kier alpha value is -3.49. The zero-order valence-electron chi connectivity index (χ0n) is 19.3. The molecule has 1 saturated heterocycles. The molecule has 0 bridgehead atoms. The lowest BCUT2D eigenvalue weighted by Gasteiger charge is -2.34. The van der Waals surface area contributed by atoms with Gasteiger partial charge in [0.1, 0.15) is 5.82 Å². The molecule has 0 radical (unpaired) electrons. The lowest BCUT2D eigenvalue weighted by molar-refractivity contribution is -0.126. The van der Waals surface area contributed by atoms with Gasteiger partial charge in [-0.1, -0.05) is 0 Å². The fraction of sp³-hybridized carbons (Fsp3) is 0.435. The molecule has 32 heavy (non-hydrogen) atoms. The molecule has 1 N–H and O–H groups in total. The summed E-state index contributed by atoms with van der Waals surface area (Å²) >= 11 is 0. The zero-order valence-corrected chi connectivity index (χ0v) is 19.3. The van der Waals surface area contributed by atoms with Crippen molar-refractivity contribution in [1.29, 1.82) is 0 Å². The Morgan fingerprint density at radius 2 is 1.69 bits per heavy atom.